The largest absolute Gasteiger partial charge is 0.460 e. The Morgan fingerprint density at radius 1 is 1.00 bits per heavy atom. The number of fused-ring (bicyclic) bond motifs is 2. The van der Waals surface area contributed by atoms with Crippen LogP contribution in [0.4, 0.5) is 0 Å². The maximum atomic E-state index is 12.0. The zero-order chi connectivity index (χ0) is 17.3. The SMILES string of the molecule is CC(C)(Br)C(=O)OCc1cccc2cc3c(CBr)cccc3cc12. The molecule has 0 N–H and O–H groups in total. The fraction of sp³-hybridized carbons (Fsp3) is 0.250. The third-order valence-corrected chi connectivity index (χ3v) is 4.98. The summed E-state index contributed by atoms with van der Waals surface area (Å²) >= 11 is 6.89. The van der Waals surface area contributed by atoms with E-state index in [2.05, 4.69) is 68.3 Å². The molecule has 0 atom stereocenters. The number of benzene rings is 3. The topological polar surface area (TPSA) is 26.3 Å². The molecule has 4 heteroatoms. The quantitative estimate of drug-likeness (QED) is 0.273. The van der Waals surface area contributed by atoms with E-state index in [-0.39, 0.29) is 12.6 Å². The summed E-state index contributed by atoms with van der Waals surface area (Å²) in [5.74, 6) is -0.262. The third-order valence-electron chi connectivity index (χ3n) is 4.05. The molecule has 0 aliphatic rings. The highest BCUT2D eigenvalue weighted by Crippen LogP contribution is 2.29. The number of esters is 1. The molecule has 0 aliphatic carbocycles. The zero-order valence-electron chi connectivity index (χ0n) is 13.6. The van der Waals surface area contributed by atoms with Crippen molar-refractivity contribution >= 4 is 59.4 Å². The molecule has 3 rings (SSSR count). The van der Waals surface area contributed by atoms with Gasteiger partial charge in [-0.1, -0.05) is 68.3 Å². The fourth-order valence-corrected chi connectivity index (χ4v) is 3.34. The Morgan fingerprint density at radius 2 is 1.54 bits per heavy atom. The minimum atomic E-state index is -0.672. The monoisotopic (exact) mass is 448 g/mol. The first kappa shape index (κ1) is 17.4. The van der Waals surface area contributed by atoms with Crippen molar-refractivity contribution in [3.63, 3.8) is 0 Å². The molecule has 0 radical (unpaired) electrons. The van der Waals surface area contributed by atoms with Crippen molar-refractivity contribution in [3.8, 4) is 0 Å². The predicted octanol–water partition coefficient (Wildman–Crippen LogP) is 6.10. The number of halogens is 2. The third kappa shape index (κ3) is 3.50. The number of ether oxygens (including phenoxy) is 1. The lowest BCUT2D eigenvalue weighted by Gasteiger charge is -2.16. The molecular weight excluding hydrogens is 432 g/mol. The molecule has 124 valence electrons. The average Bonchev–Trinajstić information content (AvgIpc) is 2.56. The summed E-state index contributed by atoms with van der Waals surface area (Å²) in [6, 6.07) is 16.8. The fourth-order valence-electron chi connectivity index (χ4n) is 2.74. The Labute approximate surface area is 158 Å². The summed E-state index contributed by atoms with van der Waals surface area (Å²) in [7, 11) is 0. The molecule has 0 saturated heterocycles. The van der Waals surface area contributed by atoms with Crippen LogP contribution in [0.1, 0.15) is 25.0 Å². The standard InChI is InChI=1S/C20H18Br2O2/c1-20(2,22)19(23)24-12-16-8-4-6-14-9-17-13(10-18(14)16)5-3-7-15(17)11-21/h3-10H,11-12H2,1-2H3. The van der Waals surface area contributed by atoms with Crippen LogP contribution in [0, 0.1) is 0 Å². The first-order valence-electron chi connectivity index (χ1n) is 7.75. The Hall–Kier alpha value is -1.39. The normalized spacial score (nSPS) is 11.8. The highest BCUT2D eigenvalue weighted by atomic mass is 79.9. The molecule has 3 aromatic carbocycles. The van der Waals surface area contributed by atoms with Crippen molar-refractivity contribution in [3.05, 3.63) is 59.7 Å². The summed E-state index contributed by atoms with van der Waals surface area (Å²) in [4.78, 5) is 12.0. The van der Waals surface area contributed by atoms with Crippen molar-refractivity contribution < 1.29 is 9.53 Å². The Morgan fingerprint density at radius 3 is 2.08 bits per heavy atom. The van der Waals surface area contributed by atoms with E-state index < -0.39 is 4.32 Å². The van der Waals surface area contributed by atoms with Crippen LogP contribution in [-0.4, -0.2) is 10.3 Å². The smallest absolute Gasteiger partial charge is 0.322 e. The maximum Gasteiger partial charge on any atom is 0.322 e. The molecule has 0 spiro atoms. The number of carbonyl (C=O) groups is 1. The highest BCUT2D eigenvalue weighted by Gasteiger charge is 2.25. The number of hydrogen-bond donors (Lipinski definition) is 0. The van der Waals surface area contributed by atoms with Crippen molar-refractivity contribution in [2.45, 2.75) is 30.1 Å². The molecule has 0 saturated carbocycles. The van der Waals surface area contributed by atoms with Crippen LogP contribution < -0.4 is 0 Å². The van der Waals surface area contributed by atoms with Gasteiger partial charge >= 0.3 is 5.97 Å². The van der Waals surface area contributed by atoms with E-state index in [1.807, 2.05) is 12.1 Å². The summed E-state index contributed by atoms with van der Waals surface area (Å²) in [6.07, 6.45) is 0. The van der Waals surface area contributed by atoms with Gasteiger partial charge in [0, 0.05) is 5.33 Å². The first-order chi connectivity index (χ1) is 11.4. The second-order valence-corrected chi connectivity index (χ2v) is 8.85. The van der Waals surface area contributed by atoms with Crippen LogP contribution >= 0.6 is 31.9 Å². The minimum Gasteiger partial charge on any atom is -0.460 e. The molecule has 0 unspecified atom stereocenters. The number of hydrogen-bond acceptors (Lipinski definition) is 2. The second-order valence-electron chi connectivity index (χ2n) is 6.31. The second kappa shape index (κ2) is 6.85. The summed E-state index contributed by atoms with van der Waals surface area (Å²) in [5.41, 5.74) is 2.29. The molecule has 3 aromatic rings. The molecule has 0 heterocycles. The lowest BCUT2D eigenvalue weighted by Crippen LogP contribution is -2.26. The number of alkyl halides is 2. The van der Waals surface area contributed by atoms with Gasteiger partial charge in [-0.15, -0.1) is 0 Å². The Balaban J connectivity index is 2.04. The van der Waals surface area contributed by atoms with E-state index in [0.29, 0.717) is 0 Å². The molecular formula is C20H18Br2O2. The van der Waals surface area contributed by atoms with E-state index in [0.717, 1.165) is 21.7 Å². The summed E-state index contributed by atoms with van der Waals surface area (Å²) < 4.78 is 4.79. The number of rotatable bonds is 4. The van der Waals surface area contributed by atoms with E-state index in [1.54, 1.807) is 13.8 Å². The van der Waals surface area contributed by atoms with E-state index in [4.69, 9.17) is 4.74 Å². The summed E-state index contributed by atoms with van der Waals surface area (Å²) in [6.45, 7) is 3.84. The Bertz CT molecular complexity index is 911. The predicted molar refractivity (Wildman–Crippen MR) is 107 cm³/mol. The van der Waals surface area contributed by atoms with Gasteiger partial charge in [0.05, 0.1) is 0 Å². The van der Waals surface area contributed by atoms with Crippen LogP contribution in [0.5, 0.6) is 0 Å². The summed E-state index contributed by atoms with van der Waals surface area (Å²) in [5, 5.41) is 5.55. The van der Waals surface area contributed by atoms with E-state index in [1.165, 1.54) is 16.3 Å². The van der Waals surface area contributed by atoms with Crippen molar-refractivity contribution in [2.24, 2.45) is 0 Å². The zero-order valence-corrected chi connectivity index (χ0v) is 16.8. The van der Waals surface area contributed by atoms with Gasteiger partial charge in [0.25, 0.3) is 0 Å². The van der Waals surface area contributed by atoms with Gasteiger partial charge in [0.15, 0.2) is 0 Å². The minimum absolute atomic E-state index is 0.262. The van der Waals surface area contributed by atoms with E-state index >= 15 is 0 Å². The van der Waals surface area contributed by atoms with Gasteiger partial charge in [0.2, 0.25) is 0 Å². The van der Waals surface area contributed by atoms with Crippen molar-refractivity contribution in [2.75, 3.05) is 0 Å². The molecule has 0 bridgehead atoms. The van der Waals surface area contributed by atoms with Crippen LogP contribution in [0.15, 0.2) is 48.5 Å². The van der Waals surface area contributed by atoms with Crippen molar-refractivity contribution in [1.29, 1.82) is 0 Å². The van der Waals surface area contributed by atoms with Crippen molar-refractivity contribution in [1.82, 2.24) is 0 Å². The average molecular weight is 450 g/mol. The van der Waals surface area contributed by atoms with Gasteiger partial charge < -0.3 is 4.74 Å². The lowest BCUT2D eigenvalue weighted by molar-refractivity contribution is -0.146. The molecule has 0 aromatic heterocycles. The molecule has 0 fully saturated rings. The van der Waals surface area contributed by atoms with Crippen LogP contribution in [0.25, 0.3) is 21.5 Å². The lowest BCUT2D eigenvalue weighted by atomic mass is 9.98. The maximum absolute atomic E-state index is 12.0. The molecule has 0 aliphatic heterocycles. The number of carbonyl (C=O) groups excluding carboxylic acids is 1. The molecule has 2 nitrogen and oxygen atoms in total. The van der Waals surface area contributed by atoms with Gasteiger partial charge in [-0.2, -0.15) is 0 Å². The van der Waals surface area contributed by atoms with Gasteiger partial charge in [-0.3, -0.25) is 4.79 Å². The van der Waals surface area contributed by atoms with Crippen LogP contribution in [-0.2, 0) is 21.5 Å². The van der Waals surface area contributed by atoms with Crippen LogP contribution in [0.3, 0.4) is 0 Å². The van der Waals surface area contributed by atoms with Gasteiger partial charge in [0.1, 0.15) is 10.9 Å². The van der Waals surface area contributed by atoms with E-state index in [9.17, 15) is 4.79 Å². The molecule has 0 amide bonds. The van der Waals surface area contributed by atoms with Gasteiger partial charge in [-0.05, 0) is 58.7 Å². The highest BCUT2D eigenvalue weighted by molar-refractivity contribution is 9.10. The van der Waals surface area contributed by atoms with Crippen LogP contribution in [0.2, 0.25) is 0 Å². The Kier molecular flexibility index (Phi) is 4.97. The van der Waals surface area contributed by atoms with Gasteiger partial charge in [-0.25, -0.2) is 0 Å². The molecule has 24 heavy (non-hydrogen) atoms. The first-order valence-corrected chi connectivity index (χ1v) is 9.67.